The monoisotopic (exact) mass is 1200 g/mol. The molecule has 1 saturated heterocycles. The van der Waals surface area contributed by atoms with Gasteiger partial charge in [0, 0.05) is 49.5 Å². The summed E-state index contributed by atoms with van der Waals surface area (Å²) in [6, 6.07) is 8.30. The Morgan fingerprint density at radius 1 is 0.988 bits per heavy atom. The van der Waals surface area contributed by atoms with Crippen LogP contribution in [0.4, 0.5) is 5.69 Å². The predicted octanol–water partition coefficient (Wildman–Crippen LogP) is 3.73. The average Bonchev–Trinajstić information content (AvgIpc) is 3.93. The number of nitrogens with one attached hydrogen (secondary N) is 2. The number of ether oxygens (including phenoxy) is 5. The maximum atomic E-state index is 13.8. The third-order valence-electron chi connectivity index (χ3n) is 12.9. The van der Waals surface area contributed by atoms with Crippen molar-refractivity contribution in [3.63, 3.8) is 0 Å². The number of carboxylic acids is 1. The third kappa shape index (κ3) is 14.5. The summed E-state index contributed by atoms with van der Waals surface area (Å²) in [5.74, 6) is 4.15. The molecule has 2 aromatic carbocycles. The fourth-order valence-electron chi connectivity index (χ4n) is 9.25. The van der Waals surface area contributed by atoms with Gasteiger partial charge < -0.3 is 63.7 Å². The van der Waals surface area contributed by atoms with E-state index in [2.05, 4.69) is 35.3 Å². The number of hydrogen-bond donors (Lipinski definition) is 8. The van der Waals surface area contributed by atoms with Crippen LogP contribution in [0.2, 0.25) is 0 Å². The molecule has 1 aromatic heterocycles. The van der Waals surface area contributed by atoms with Gasteiger partial charge in [0.15, 0.2) is 5.76 Å². The number of phosphoric ester groups is 1. The van der Waals surface area contributed by atoms with E-state index in [-0.39, 0.29) is 46.3 Å². The molecular formula is C50H58N6O23P3+. The van der Waals surface area contributed by atoms with Gasteiger partial charge in [0.25, 0.3) is 17.2 Å². The smallest absolute Gasteiger partial charge is 0.490 e. The molecule has 0 spiro atoms. The molecule has 3 aromatic rings. The zero-order valence-electron chi connectivity index (χ0n) is 45.0. The number of nitrogens with zero attached hydrogens (tertiary/aromatic N) is 4. The van der Waals surface area contributed by atoms with Gasteiger partial charge in [0.1, 0.15) is 44.0 Å². The van der Waals surface area contributed by atoms with Gasteiger partial charge in [-0.05, 0) is 65.6 Å². The summed E-state index contributed by atoms with van der Waals surface area (Å²) in [6.45, 7) is 1.59. The number of allylic oxidation sites excluding steroid dienone is 2. The highest BCUT2D eigenvalue weighted by Crippen LogP contribution is 2.66. The van der Waals surface area contributed by atoms with Crippen molar-refractivity contribution in [2.75, 3.05) is 55.6 Å². The van der Waals surface area contributed by atoms with E-state index >= 15 is 0 Å². The Morgan fingerprint density at radius 3 is 2.32 bits per heavy atom. The number of benzene rings is 2. The largest absolute Gasteiger partial charge is 0.495 e. The number of likely N-dealkylation sites (N-methyl/N-ethyl adjacent to an activating group) is 1. The van der Waals surface area contributed by atoms with Crippen molar-refractivity contribution in [1.82, 2.24) is 19.8 Å². The van der Waals surface area contributed by atoms with Crippen molar-refractivity contribution in [1.29, 1.82) is 0 Å². The Labute approximate surface area is 466 Å². The number of carbonyl (C=O) groups excluding carboxylic acids is 1. The molecule has 8 atom stereocenters. The maximum absolute atomic E-state index is 13.8. The Bertz CT molecular complexity index is 3620. The maximum Gasteiger partial charge on any atom is 0.490 e. The van der Waals surface area contributed by atoms with E-state index in [0.717, 1.165) is 16.5 Å². The Morgan fingerprint density at radius 2 is 1.70 bits per heavy atom. The number of aromatic nitrogens is 2. The quantitative estimate of drug-likeness (QED) is 0.0248. The molecule has 2 aliphatic heterocycles. The second kappa shape index (κ2) is 25.2. The lowest BCUT2D eigenvalue weighted by atomic mass is 9.77. The molecule has 7 rings (SSSR count). The fraction of sp³-hybridized carbons (Fsp3) is 0.380. The molecule has 0 saturated carbocycles. The van der Waals surface area contributed by atoms with Crippen LogP contribution in [0.25, 0.3) is 5.57 Å². The van der Waals surface area contributed by atoms with Gasteiger partial charge in [0.05, 0.1) is 85.5 Å². The molecule has 440 valence electrons. The summed E-state index contributed by atoms with van der Waals surface area (Å²) in [7, 11) is -6.68. The number of carboxylic acid groups (broad SMARTS) is 1. The van der Waals surface area contributed by atoms with E-state index in [9.17, 15) is 63.0 Å². The van der Waals surface area contributed by atoms with Gasteiger partial charge in [-0.1, -0.05) is 25.7 Å². The van der Waals surface area contributed by atoms with E-state index in [0.29, 0.717) is 34.1 Å². The van der Waals surface area contributed by atoms with E-state index in [4.69, 9.17) is 33.5 Å². The molecule has 3 heterocycles. The van der Waals surface area contributed by atoms with E-state index < -0.39 is 113 Å². The second-order valence-electron chi connectivity index (χ2n) is 19.3. The van der Waals surface area contributed by atoms with Crippen molar-refractivity contribution < 1.29 is 99.4 Å². The van der Waals surface area contributed by atoms with E-state index in [1.165, 1.54) is 50.6 Å². The number of aromatic amines is 1. The van der Waals surface area contributed by atoms with Crippen LogP contribution in [0.5, 0.6) is 0 Å². The Kier molecular flexibility index (Phi) is 19.2. The van der Waals surface area contributed by atoms with E-state index in [1.807, 2.05) is 55.9 Å². The number of rotatable bonds is 21. The van der Waals surface area contributed by atoms with Crippen LogP contribution in [0.15, 0.2) is 105 Å². The minimum atomic E-state index is -5.85. The molecule has 1 fully saturated rings. The number of nitro benzene ring substituents is 1. The SMILES string of the molecule is COC1=CC2=C(c3cc(C(=O)NCC#Cc4ccc(C(OCc5cn([C@H]6C[C@H](O)[C@@H](COP(=O)(O)OP(=O)(O)OP(=O)(O)O)O6)c(=O)[nH]c5=O)C(C)C)c([N+](=O)[O-])c4)ccc3C(=O)O)C3C=C(OC)C(=[N+](C)C)C=C3OC2C=C1N(C)C. The standard InChI is InChI=1S/C50H57N6O23P3/c1-26(2)46(74-24-29-23-55(50(62)52-48(29)59)44-22-38(57)43(77-44)25-75-81(68,69)79-82(70,71)78-80(65,66)67)31-13-11-27(16-35(31)56(63)64)10-9-15-51-47(58)28-12-14-30(49(60)61)32(17-28)45-33-18-41(72-7)36(53(3)4)20-39(33)76-40-21-37(54(5)6)42(73-8)19-34(40)45/h11-14,16-21,23,26,33,38,40,43-44,46,57H,15,22,24-25H2,1-8H3,(H6-,51,52,58,59,60,61,62,65,66,67,68,69,70,71)/p+1/t33?,38-,40?,43+,44+,46?/m0/s1. The first-order valence-electron chi connectivity index (χ1n) is 24.5. The number of carbonyl (C=O) groups is 2. The molecule has 2 aliphatic carbocycles. The topological polar surface area (TPSA) is 397 Å². The van der Waals surface area contributed by atoms with Crippen LogP contribution in [0.3, 0.4) is 0 Å². The lowest BCUT2D eigenvalue weighted by molar-refractivity contribution is -0.464. The normalized spacial score (nSPS) is 21.3. The summed E-state index contributed by atoms with van der Waals surface area (Å²) in [5, 5.41) is 36.4. The number of amides is 1. The number of H-pyrrole nitrogens is 1. The summed E-state index contributed by atoms with van der Waals surface area (Å²) >= 11 is 0. The fourth-order valence-corrected chi connectivity index (χ4v) is 12.3. The lowest BCUT2D eigenvalue weighted by Gasteiger charge is -2.38. The van der Waals surface area contributed by atoms with Gasteiger partial charge in [-0.25, -0.2) is 27.9 Å². The molecule has 8 N–H and O–H groups in total. The second-order valence-corrected chi connectivity index (χ2v) is 23.7. The zero-order valence-corrected chi connectivity index (χ0v) is 47.7. The number of hydrogen-bond acceptors (Lipinski definition) is 19. The van der Waals surface area contributed by atoms with Gasteiger partial charge in [-0.15, -0.1) is 0 Å². The molecule has 0 radical (unpaired) electrons. The minimum Gasteiger partial charge on any atom is -0.495 e. The zero-order chi connectivity index (χ0) is 60.3. The molecule has 29 nitrogen and oxygen atoms in total. The van der Waals surface area contributed by atoms with Crippen LogP contribution in [0.1, 0.15) is 75.6 Å². The lowest BCUT2D eigenvalue weighted by Crippen LogP contribution is -2.34. The van der Waals surface area contributed by atoms with Crippen molar-refractivity contribution in [2.24, 2.45) is 11.8 Å². The van der Waals surface area contributed by atoms with Gasteiger partial charge in [0.2, 0.25) is 5.71 Å². The number of fused-ring (bicyclic) bond motifs is 2. The first-order valence-corrected chi connectivity index (χ1v) is 29.0. The first-order chi connectivity index (χ1) is 38.4. The summed E-state index contributed by atoms with van der Waals surface area (Å²) < 4.78 is 79.3. The molecule has 4 aliphatic rings. The highest BCUT2D eigenvalue weighted by molar-refractivity contribution is 7.66. The predicted molar refractivity (Wildman–Crippen MR) is 286 cm³/mol. The summed E-state index contributed by atoms with van der Waals surface area (Å²) in [6.07, 6.45) is 1.86. The van der Waals surface area contributed by atoms with Crippen LogP contribution >= 0.6 is 23.5 Å². The molecule has 82 heavy (non-hydrogen) atoms. The van der Waals surface area contributed by atoms with Crippen LogP contribution < -0.4 is 16.6 Å². The molecule has 32 heteroatoms. The van der Waals surface area contributed by atoms with Gasteiger partial charge >= 0.3 is 35.1 Å². The highest BCUT2D eigenvalue weighted by atomic mass is 31.3. The van der Waals surface area contributed by atoms with Crippen molar-refractivity contribution in [3.05, 3.63) is 160 Å². The summed E-state index contributed by atoms with van der Waals surface area (Å²) in [5.41, 5.74) is 0.579. The summed E-state index contributed by atoms with van der Waals surface area (Å²) in [4.78, 5) is 105. The number of methoxy groups -OCH3 is 2. The Hall–Kier alpha value is -7.12. The molecule has 1 amide bonds. The molecular weight excluding hydrogens is 1150 g/mol. The number of aromatic carboxylic acids is 1. The number of aliphatic hydroxyl groups is 1. The highest BCUT2D eigenvalue weighted by Gasteiger charge is 2.44. The molecule has 0 bridgehead atoms. The van der Waals surface area contributed by atoms with Crippen molar-refractivity contribution in [3.8, 4) is 11.8 Å². The van der Waals surface area contributed by atoms with Gasteiger partial charge in [-0.2, -0.15) is 8.62 Å². The number of phosphoric acid groups is 3. The van der Waals surface area contributed by atoms with Crippen LogP contribution in [-0.2, 0) is 57.1 Å². The third-order valence-corrected chi connectivity index (χ3v) is 16.7. The van der Waals surface area contributed by atoms with E-state index in [1.54, 1.807) is 19.9 Å². The van der Waals surface area contributed by atoms with Gasteiger partial charge in [-0.3, -0.25) is 33.8 Å². The van der Waals surface area contributed by atoms with Crippen LogP contribution in [0, 0.1) is 33.8 Å². The van der Waals surface area contributed by atoms with Crippen molar-refractivity contribution >= 4 is 52.3 Å². The average molecular weight is 1200 g/mol. The van der Waals surface area contributed by atoms with Crippen molar-refractivity contribution in [2.45, 2.75) is 57.5 Å². The number of nitro groups is 1. The molecule has 5 unspecified atom stereocenters. The minimum absolute atomic E-state index is 0.0886. The first kappa shape index (κ1) is 62.5. The number of aliphatic hydroxyl groups excluding tert-OH is 1. The van der Waals surface area contributed by atoms with Crippen LogP contribution in [-0.4, -0.2) is 145 Å². The Balaban J connectivity index is 1.07.